The first-order chi connectivity index (χ1) is 21.6. The third-order valence-electron chi connectivity index (χ3n) is 6.98. The van der Waals surface area contributed by atoms with Crippen LogP contribution in [0.3, 0.4) is 0 Å². The fraction of sp³-hybridized carbons (Fsp3) is 0.147. The number of carbonyl (C=O) groups is 4. The number of nitrogens with zero attached hydrogens (tertiary/aromatic N) is 1. The van der Waals surface area contributed by atoms with Crippen LogP contribution in [-0.2, 0) is 17.6 Å². The fourth-order valence-electron chi connectivity index (χ4n) is 4.76. The van der Waals surface area contributed by atoms with E-state index in [9.17, 15) is 28.0 Å². The Morgan fingerprint density at radius 2 is 1.24 bits per heavy atom. The predicted molar refractivity (Wildman–Crippen MR) is 173 cm³/mol. The van der Waals surface area contributed by atoms with Gasteiger partial charge < -0.3 is 5.73 Å². The highest BCUT2D eigenvalue weighted by molar-refractivity contribution is 8.15. The highest BCUT2D eigenvalue weighted by Gasteiger charge is 2.31. The number of thioether (sulfide) groups is 2. The van der Waals surface area contributed by atoms with Gasteiger partial charge in [-0.05, 0) is 84.6 Å². The maximum atomic E-state index is 12.9. The SMILES string of the molecule is NC1=NCC(Cc2cccc(C(=O)c3ccc(F)cc3)c2)S1.O=C1NC(=O)C(Cc2cccc(C(=O)c3ccc(F)cc3)c2)S1. The first-order valence-corrected chi connectivity index (χ1v) is 15.7. The maximum absolute atomic E-state index is 12.9. The standard InChI is InChI=1S/C17H15FN2OS.C17H12FNO3S/c18-14-6-4-12(5-7-14)16(21)13-3-1-2-11(8-13)9-15-10-20-17(19)22-15;18-13-6-4-11(5-7-13)15(20)12-3-1-2-10(8-12)9-14-16(21)19-17(22)23-14/h1-8,15H,9-10H2,(H2,19,20);1-8,14H,9H2,(H,19,21,22). The van der Waals surface area contributed by atoms with Crippen molar-refractivity contribution < 1.29 is 28.0 Å². The van der Waals surface area contributed by atoms with Crippen molar-refractivity contribution >= 4 is 51.4 Å². The number of hydrogen-bond donors (Lipinski definition) is 2. The Labute approximate surface area is 266 Å². The molecular weight excluding hydrogens is 617 g/mol. The van der Waals surface area contributed by atoms with Crippen LogP contribution < -0.4 is 11.1 Å². The molecule has 4 aromatic carbocycles. The van der Waals surface area contributed by atoms with Crippen molar-refractivity contribution in [1.82, 2.24) is 5.32 Å². The summed E-state index contributed by atoms with van der Waals surface area (Å²) >= 11 is 2.53. The molecule has 1 saturated heterocycles. The third-order valence-corrected chi connectivity index (χ3v) is 8.98. The number of amides is 2. The minimum atomic E-state index is -0.473. The van der Waals surface area contributed by atoms with Crippen molar-refractivity contribution in [2.45, 2.75) is 23.3 Å². The van der Waals surface area contributed by atoms with Crippen LogP contribution in [0.4, 0.5) is 13.6 Å². The quantitative estimate of drug-likeness (QED) is 0.227. The van der Waals surface area contributed by atoms with Gasteiger partial charge in [-0.2, -0.15) is 0 Å². The molecule has 2 amide bonds. The van der Waals surface area contributed by atoms with Gasteiger partial charge in [0.15, 0.2) is 16.7 Å². The van der Waals surface area contributed by atoms with E-state index in [4.69, 9.17) is 5.73 Å². The van der Waals surface area contributed by atoms with Crippen molar-refractivity contribution in [2.24, 2.45) is 10.7 Å². The molecule has 11 heteroatoms. The van der Waals surface area contributed by atoms with Gasteiger partial charge in [0.1, 0.15) is 11.6 Å². The molecule has 3 N–H and O–H groups in total. The molecule has 2 unspecified atom stereocenters. The van der Waals surface area contributed by atoms with Crippen molar-refractivity contribution in [3.8, 4) is 0 Å². The number of nitrogens with two attached hydrogens (primary N) is 1. The van der Waals surface area contributed by atoms with Crippen LogP contribution >= 0.6 is 23.5 Å². The Balaban J connectivity index is 0.000000178. The minimum absolute atomic E-state index is 0.100. The van der Waals surface area contributed by atoms with Crippen molar-refractivity contribution in [1.29, 1.82) is 0 Å². The number of amidine groups is 1. The van der Waals surface area contributed by atoms with E-state index in [2.05, 4.69) is 10.3 Å². The lowest BCUT2D eigenvalue weighted by Gasteiger charge is -2.09. The van der Waals surface area contributed by atoms with Gasteiger partial charge in [0.25, 0.3) is 5.24 Å². The lowest BCUT2D eigenvalue weighted by atomic mass is 9.99. The zero-order valence-corrected chi connectivity index (χ0v) is 25.4. The lowest BCUT2D eigenvalue weighted by molar-refractivity contribution is -0.118. The van der Waals surface area contributed by atoms with E-state index in [0.717, 1.165) is 29.3 Å². The number of benzene rings is 4. The molecule has 0 radical (unpaired) electrons. The van der Waals surface area contributed by atoms with Gasteiger partial charge >= 0.3 is 0 Å². The van der Waals surface area contributed by atoms with Crippen LogP contribution in [0.1, 0.15) is 43.0 Å². The number of rotatable bonds is 8. The van der Waals surface area contributed by atoms with Crippen LogP contribution in [0.5, 0.6) is 0 Å². The summed E-state index contributed by atoms with van der Waals surface area (Å²) < 4.78 is 25.9. The zero-order chi connectivity index (χ0) is 31.9. The first kappa shape index (κ1) is 31.8. The average Bonchev–Trinajstić information content (AvgIpc) is 3.59. The van der Waals surface area contributed by atoms with E-state index in [-0.39, 0.29) is 28.5 Å². The molecule has 7 nitrogen and oxygen atoms in total. The fourth-order valence-corrected chi connectivity index (χ4v) is 6.54. The molecule has 2 atom stereocenters. The summed E-state index contributed by atoms with van der Waals surface area (Å²) in [5, 5.41) is 2.37. The van der Waals surface area contributed by atoms with E-state index in [1.807, 2.05) is 18.2 Å². The van der Waals surface area contributed by atoms with Crippen LogP contribution in [0, 0.1) is 11.6 Å². The Hall–Kier alpha value is -4.61. The molecule has 0 spiro atoms. The molecule has 228 valence electrons. The molecule has 2 aliphatic rings. The summed E-state index contributed by atoms with van der Waals surface area (Å²) in [7, 11) is 0. The predicted octanol–water partition coefficient (Wildman–Crippen LogP) is 5.98. The van der Waals surface area contributed by atoms with Crippen LogP contribution in [-0.4, -0.2) is 44.9 Å². The highest BCUT2D eigenvalue weighted by Crippen LogP contribution is 2.25. The minimum Gasteiger partial charge on any atom is -0.379 e. The normalized spacial score (nSPS) is 17.2. The van der Waals surface area contributed by atoms with E-state index in [0.29, 0.717) is 45.6 Å². The van der Waals surface area contributed by atoms with Crippen LogP contribution in [0.15, 0.2) is 102 Å². The smallest absolute Gasteiger partial charge is 0.286 e. The van der Waals surface area contributed by atoms with Gasteiger partial charge in [0, 0.05) is 27.5 Å². The highest BCUT2D eigenvalue weighted by atomic mass is 32.2. The molecular formula is C34H27F2N3O4S2. The topological polar surface area (TPSA) is 119 Å². The molecule has 6 rings (SSSR count). The maximum Gasteiger partial charge on any atom is 0.286 e. The summed E-state index contributed by atoms with van der Waals surface area (Å²) in [6, 6.07) is 25.4. The van der Waals surface area contributed by atoms with Gasteiger partial charge in [-0.25, -0.2) is 8.78 Å². The van der Waals surface area contributed by atoms with E-state index in [1.165, 1.54) is 48.5 Å². The summed E-state index contributed by atoms with van der Waals surface area (Å²) in [4.78, 5) is 51.8. The first-order valence-electron chi connectivity index (χ1n) is 13.9. The van der Waals surface area contributed by atoms with Crippen molar-refractivity contribution in [2.75, 3.05) is 6.54 Å². The molecule has 0 aliphatic carbocycles. The Morgan fingerprint density at radius 3 is 1.69 bits per heavy atom. The average molecular weight is 644 g/mol. The second kappa shape index (κ2) is 14.4. The van der Waals surface area contributed by atoms with Crippen molar-refractivity contribution in [3.05, 3.63) is 142 Å². The number of ketones is 2. The number of imide groups is 1. The van der Waals surface area contributed by atoms with E-state index >= 15 is 0 Å². The number of hydrogen-bond acceptors (Lipinski definition) is 8. The number of aliphatic imine (C=N–C) groups is 1. The molecule has 0 bridgehead atoms. The van der Waals surface area contributed by atoms with Gasteiger partial charge in [-0.3, -0.25) is 29.5 Å². The van der Waals surface area contributed by atoms with Gasteiger partial charge in [0.2, 0.25) is 5.91 Å². The summed E-state index contributed by atoms with van der Waals surface area (Å²) in [6.07, 6.45) is 1.19. The third kappa shape index (κ3) is 8.52. The van der Waals surface area contributed by atoms with E-state index < -0.39 is 11.1 Å². The molecule has 1 fully saturated rings. The Morgan fingerprint density at radius 1 is 0.733 bits per heavy atom. The lowest BCUT2D eigenvalue weighted by Crippen LogP contribution is -2.25. The van der Waals surface area contributed by atoms with Gasteiger partial charge in [-0.15, -0.1) is 0 Å². The monoisotopic (exact) mass is 643 g/mol. The molecule has 0 aromatic heterocycles. The van der Waals surface area contributed by atoms with Crippen LogP contribution in [0.25, 0.3) is 0 Å². The number of carbonyl (C=O) groups excluding carboxylic acids is 4. The summed E-state index contributed by atoms with van der Waals surface area (Å²) in [5.41, 5.74) is 9.50. The van der Waals surface area contributed by atoms with Crippen LogP contribution in [0.2, 0.25) is 0 Å². The molecule has 45 heavy (non-hydrogen) atoms. The second-order valence-electron chi connectivity index (χ2n) is 10.3. The molecule has 4 aromatic rings. The molecule has 2 aliphatic heterocycles. The second-order valence-corrected chi connectivity index (χ2v) is 12.8. The van der Waals surface area contributed by atoms with Gasteiger partial charge in [-0.1, -0.05) is 59.9 Å². The van der Waals surface area contributed by atoms with Crippen molar-refractivity contribution in [3.63, 3.8) is 0 Å². The summed E-state index contributed by atoms with van der Waals surface area (Å²) in [5.74, 6) is -1.37. The molecule has 2 heterocycles. The largest absolute Gasteiger partial charge is 0.379 e. The zero-order valence-electron chi connectivity index (χ0n) is 23.7. The Kier molecular flexibility index (Phi) is 10.2. The Bertz CT molecular complexity index is 1780. The number of nitrogens with one attached hydrogen (secondary N) is 1. The molecule has 0 saturated carbocycles. The van der Waals surface area contributed by atoms with Gasteiger partial charge in [0.05, 0.1) is 11.8 Å². The van der Waals surface area contributed by atoms with E-state index in [1.54, 1.807) is 42.1 Å². The summed E-state index contributed by atoms with van der Waals surface area (Å²) in [6.45, 7) is 0.715. The number of halogens is 2.